The maximum absolute atomic E-state index is 10.6. The molecule has 0 aromatic heterocycles. The summed E-state index contributed by atoms with van der Waals surface area (Å²) in [5.74, 6) is 0.393. The summed E-state index contributed by atoms with van der Waals surface area (Å²) in [4.78, 5) is 20.5. The van der Waals surface area contributed by atoms with E-state index in [9.17, 15) is 14.9 Å². The fraction of sp³-hybridized carbons (Fsp3) is 0.125. The van der Waals surface area contributed by atoms with Gasteiger partial charge in [-0.25, -0.2) is 0 Å². The van der Waals surface area contributed by atoms with E-state index in [0.29, 0.717) is 12.0 Å². The van der Waals surface area contributed by atoms with Gasteiger partial charge in [-0.3, -0.25) is 14.9 Å². The number of methoxy groups -OCH3 is 1. The van der Waals surface area contributed by atoms with Gasteiger partial charge in [-0.15, -0.1) is 0 Å². The Bertz CT molecular complexity index is 391. The summed E-state index contributed by atoms with van der Waals surface area (Å²) in [5, 5.41) is 10.6. The summed E-state index contributed by atoms with van der Waals surface area (Å²) in [6.45, 7) is 0. The first-order chi connectivity index (χ1) is 6.60. The number of rotatable bonds is 3. The summed E-state index contributed by atoms with van der Waals surface area (Å²) in [6.07, 6.45) is 0.422. The molecule has 0 heterocycles. The van der Waals surface area contributed by atoms with Crippen molar-refractivity contribution in [3.05, 3.63) is 32.3 Å². The maximum Gasteiger partial charge on any atom is 0.294 e. The van der Waals surface area contributed by atoms with Crippen LogP contribution in [0.2, 0.25) is 0 Å². The second-order valence-electron chi connectivity index (χ2n) is 2.42. The molecule has 0 fully saturated rings. The third-order valence-corrected chi connectivity index (χ3v) is 2.22. The van der Waals surface area contributed by atoms with Crippen molar-refractivity contribution in [3.63, 3.8) is 0 Å². The van der Waals surface area contributed by atoms with Gasteiger partial charge in [0.25, 0.3) is 5.69 Å². The second-order valence-corrected chi connectivity index (χ2v) is 3.28. The normalized spacial score (nSPS) is 9.57. The molecule has 0 amide bonds. The van der Waals surface area contributed by atoms with Crippen LogP contribution in [-0.4, -0.2) is 18.3 Å². The zero-order valence-corrected chi connectivity index (χ0v) is 8.78. The lowest BCUT2D eigenvalue weighted by molar-refractivity contribution is -0.385. The Balaban J connectivity index is 3.42. The van der Waals surface area contributed by atoms with E-state index in [2.05, 4.69) is 15.9 Å². The zero-order chi connectivity index (χ0) is 10.7. The molecular formula is C8H6BrNO4. The summed E-state index contributed by atoms with van der Waals surface area (Å²) in [6, 6.07) is 2.75. The number of nitrogens with zero attached hydrogens (tertiary/aromatic N) is 1. The molecule has 0 saturated carbocycles. The molecule has 5 nitrogen and oxygen atoms in total. The predicted molar refractivity (Wildman–Crippen MR) is 52.7 cm³/mol. The average molecular weight is 260 g/mol. The molecule has 1 rings (SSSR count). The summed E-state index contributed by atoms with van der Waals surface area (Å²) < 4.78 is 5.09. The van der Waals surface area contributed by atoms with E-state index in [-0.39, 0.29) is 15.7 Å². The van der Waals surface area contributed by atoms with Gasteiger partial charge >= 0.3 is 0 Å². The van der Waals surface area contributed by atoms with E-state index in [1.807, 2.05) is 0 Å². The molecule has 0 spiro atoms. The summed E-state index contributed by atoms with van der Waals surface area (Å²) >= 11 is 3.00. The van der Waals surface area contributed by atoms with Crippen LogP contribution in [0, 0.1) is 10.1 Å². The van der Waals surface area contributed by atoms with Gasteiger partial charge in [-0.2, -0.15) is 0 Å². The zero-order valence-electron chi connectivity index (χ0n) is 7.19. The molecule has 1 aromatic carbocycles. The van der Waals surface area contributed by atoms with E-state index in [4.69, 9.17) is 4.74 Å². The average Bonchev–Trinajstić information content (AvgIpc) is 2.15. The molecule has 0 atom stereocenters. The van der Waals surface area contributed by atoms with Crippen LogP contribution in [-0.2, 0) is 0 Å². The van der Waals surface area contributed by atoms with Crippen LogP contribution in [0.1, 0.15) is 10.4 Å². The number of nitro benzene ring substituents is 1. The number of aldehydes is 1. The fourth-order valence-corrected chi connectivity index (χ4v) is 1.59. The van der Waals surface area contributed by atoms with Crippen LogP contribution < -0.4 is 4.74 Å². The number of carbonyl (C=O) groups is 1. The van der Waals surface area contributed by atoms with Crippen LogP contribution in [0.25, 0.3) is 0 Å². The molecule has 0 saturated heterocycles. The Hall–Kier alpha value is -1.43. The van der Waals surface area contributed by atoms with Crippen molar-refractivity contribution < 1.29 is 14.5 Å². The Morgan fingerprint density at radius 3 is 2.64 bits per heavy atom. The first-order valence-electron chi connectivity index (χ1n) is 3.57. The number of hydrogen-bond donors (Lipinski definition) is 0. The second kappa shape index (κ2) is 4.19. The lowest BCUT2D eigenvalue weighted by Crippen LogP contribution is -1.96. The lowest BCUT2D eigenvalue weighted by atomic mass is 10.2. The maximum atomic E-state index is 10.6. The number of carbonyl (C=O) groups excluding carboxylic acids is 1. The standard InChI is InChI=1S/C8H6BrNO4/c1-14-6-2-5(4-11)8(10(12)13)7(9)3-6/h2-4H,1H3. The highest BCUT2D eigenvalue weighted by molar-refractivity contribution is 9.10. The van der Waals surface area contributed by atoms with Crippen molar-refractivity contribution in [1.29, 1.82) is 0 Å². The SMILES string of the molecule is COc1cc(Br)c([N+](=O)[O-])c(C=O)c1. The molecular weight excluding hydrogens is 254 g/mol. The van der Waals surface area contributed by atoms with E-state index in [1.54, 1.807) is 0 Å². The molecule has 0 aliphatic carbocycles. The number of benzene rings is 1. The Kier molecular flexibility index (Phi) is 3.19. The van der Waals surface area contributed by atoms with Gasteiger partial charge in [0, 0.05) is 6.07 Å². The van der Waals surface area contributed by atoms with Crippen molar-refractivity contribution >= 4 is 27.9 Å². The highest BCUT2D eigenvalue weighted by Gasteiger charge is 2.19. The van der Waals surface area contributed by atoms with E-state index >= 15 is 0 Å². The molecule has 0 aliphatic rings. The number of nitro groups is 1. The molecule has 0 radical (unpaired) electrons. The van der Waals surface area contributed by atoms with Crippen molar-refractivity contribution in [2.24, 2.45) is 0 Å². The van der Waals surface area contributed by atoms with Crippen molar-refractivity contribution in [2.75, 3.05) is 7.11 Å². The quantitative estimate of drug-likeness (QED) is 0.474. The van der Waals surface area contributed by atoms with Crippen LogP contribution in [0.4, 0.5) is 5.69 Å². The topological polar surface area (TPSA) is 69.4 Å². The first-order valence-corrected chi connectivity index (χ1v) is 4.36. The number of ether oxygens (including phenoxy) is 1. The third kappa shape index (κ3) is 1.90. The third-order valence-electron chi connectivity index (χ3n) is 1.61. The van der Waals surface area contributed by atoms with Crippen LogP contribution in [0.15, 0.2) is 16.6 Å². The van der Waals surface area contributed by atoms with Gasteiger partial charge in [0.2, 0.25) is 0 Å². The van der Waals surface area contributed by atoms with Gasteiger partial charge in [-0.1, -0.05) is 0 Å². The van der Waals surface area contributed by atoms with Crippen LogP contribution in [0.5, 0.6) is 5.75 Å². The Morgan fingerprint density at radius 2 is 2.21 bits per heavy atom. The van der Waals surface area contributed by atoms with E-state index in [1.165, 1.54) is 19.2 Å². The highest BCUT2D eigenvalue weighted by Crippen LogP contribution is 2.32. The van der Waals surface area contributed by atoms with Gasteiger partial charge in [0.1, 0.15) is 5.75 Å². The largest absolute Gasteiger partial charge is 0.497 e. The molecule has 74 valence electrons. The first kappa shape index (κ1) is 10.6. The predicted octanol–water partition coefficient (Wildman–Crippen LogP) is 2.18. The van der Waals surface area contributed by atoms with E-state index < -0.39 is 4.92 Å². The highest BCUT2D eigenvalue weighted by atomic mass is 79.9. The van der Waals surface area contributed by atoms with Crippen LogP contribution >= 0.6 is 15.9 Å². The van der Waals surface area contributed by atoms with Gasteiger partial charge in [0.15, 0.2) is 6.29 Å². The molecule has 0 N–H and O–H groups in total. The van der Waals surface area contributed by atoms with Gasteiger partial charge in [0.05, 0.1) is 22.1 Å². The molecule has 6 heteroatoms. The molecule has 0 unspecified atom stereocenters. The summed E-state index contributed by atoms with van der Waals surface area (Å²) in [5.41, 5.74) is -0.262. The minimum Gasteiger partial charge on any atom is -0.497 e. The molecule has 14 heavy (non-hydrogen) atoms. The Morgan fingerprint density at radius 1 is 1.57 bits per heavy atom. The van der Waals surface area contributed by atoms with Crippen molar-refractivity contribution in [1.82, 2.24) is 0 Å². The number of hydrogen-bond acceptors (Lipinski definition) is 4. The molecule has 0 aliphatic heterocycles. The minimum atomic E-state index is -0.618. The fourth-order valence-electron chi connectivity index (χ4n) is 0.995. The van der Waals surface area contributed by atoms with Gasteiger partial charge in [-0.05, 0) is 22.0 Å². The molecule has 1 aromatic rings. The van der Waals surface area contributed by atoms with Crippen LogP contribution in [0.3, 0.4) is 0 Å². The summed E-state index contributed by atoms with van der Waals surface area (Å²) in [7, 11) is 1.42. The van der Waals surface area contributed by atoms with Crippen molar-refractivity contribution in [3.8, 4) is 5.75 Å². The minimum absolute atomic E-state index is 0.0128. The molecule has 0 bridgehead atoms. The number of halogens is 1. The van der Waals surface area contributed by atoms with Crippen molar-refractivity contribution in [2.45, 2.75) is 0 Å². The smallest absolute Gasteiger partial charge is 0.294 e. The van der Waals surface area contributed by atoms with Gasteiger partial charge < -0.3 is 4.74 Å². The van der Waals surface area contributed by atoms with E-state index in [0.717, 1.165) is 0 Å². The Labute approximate surface area is 88.0 Å². The lowest BCUT2D eigenvalue weighted by Gasteiger charge is -2.03. The monoisotopic (exact) mass is 259 g/mol.